The van der Waals surface area contributed by atoms with Gasteiger partial charge in [0.1, 0.15) is 5.57 Å². The average molecular weight is 360 g/mol. The van der Waals surface area contributed by atoms with Crippen LogP contribution in [0.4, 0.5) is 0 Å². The van der Waals surface area contributed by atoms with Crippen molar-refractivity contribution < 1.29 is 19.5 Å². The summed E-state index contributed by atoms with van der Waals surface area (Å²) in [5, 5.41) is 14.2. The topological polar surface area (TPSA) is 68.1 Å². The van der Waals surface area contributed by atoms with Gasteiger partial charge in [-0.25, -0.2) is 4.79 Å². The lowest BCUT2D eigenvalue weighted by atomic mass is 9.94. The Labute approximate surface area is 151 Å². The van der Waals surface area contributed by atoms with Crippen molar-refractivity contribution in [1.29, 1.82) is 0 Å². The first-order chi connectivity index (χ1) is 11.9. The molecule has 0 amide bonds. The number of rotatable bonds is 6. The quantitative estimate of drug-likeness (QED) is 0.356. The number of nitrogens with zero attached hydrogens (tertiary/aromatic N) is 1. The van der Waals surface area contributed by atoms with E-state index in [2.05, 4.69) is 5.16 Å². The van der Waals surface area contributed by atoms with E-state index in [1.807, 2.05) is 13.0 Å². The molecule has 0 aliphatic carbocycles. The molecule has 6 heteroatoms. The first kappa shape index (κ1) is 18.5. The van der Waals surface area contributed by atoms with Gasteiger partial charge in [-0.05, 0) is 43.7 Å². The minimum absolute atomic E-state index is 0.0437. The van der Waals surface area contributed by atoms with Gasteiger partial charge in [0, 0.05) is 16.1 Å². The highest BCUT2D eigenvalue weighted by Crippen LogP contribution is 2.24. The van der Waals surface area contributed by atoms with Crippen LogP contribution in [0.1, 0.15) is 23.6 Å². The van der Waals surface area contributed by atoms with Crippen LogP contribution in [0.15, 0.2) is 53.9 Å². The second-order valence-electron chi connectivity index (χ2n) is 5.29. The number of hydrogen-bond donors (Lipinski definition) is 1. The SMILES string of the molecule is CO/C=C(/C(=O)O)c1cccc(C)c1C(C)=NOc1ccc(Cl)cc1. The Hall–Kier alpha value is -2.79. The first-order valence-electron chi connectivity index (χ1n) is 7.48. The van der Waals surface area contributed by atoms with Gasteiger partial charge in [0.05, 0.1) is 19.1 Å². The summed E-state index contributed by atoms with van der Waals surface area (Å²) in [6.07, 6.45) is 1.20. The van der Waals surface area contributed by atoms with Crippen LogP contribution in [0, 0.1) is 6.92 Å². The summed E-state index contributed by atoms with van der Waals surface area (Å²) in [7, 11) is 1.41. The van der Waals surface area contributed by atoms with E-state index in [9.17, 15) is 9.90 Å². The first-order valence-corrected chi connectivity index (χ1v) is 7.85. The molecule has 2 aromatic carbocycles. The van der Waals surface area contributed by atoms with Gasteiger partial charge < -0.3 is 14.7 Å². The molecule has 0 aliphatic heterocycles. The molecular formula is C19H18ClNO4. The molecule has 0 saturated heterocycles. The number of hydrogen-bond acceptors (Lipinski definition) is 4. The predicted molar refractivity (Wildman–Crippen MR) is 98.1 cm³/mol. The molecule has 1 N–H and O–H groups in total. The van der Waals surface area contributed by atoms with Crippen molar-refractivity contribution in [2.45, 2.75) is 13.8 Å². The van der Waals surface area contributed by atoms with Gasteiger partial charge >= 0.3 is 5.97 Å². The van der Waals surface area contributed by atoms with Gasteiger partial charge in [-0.3, -0.25) is 0 Å². The molecule has 0 unspecified atom stereocenters. The van der Waals surface area contributed by atoms with E-state index in [0.29, 0.717) is 27.6 Å². The molecule has 0 bridgehead atoms. The fourth-order valence-corrected chi connectivity index (χ4v) is 2.51. The molecule has 0 aliphatic rings. The van der Waals surface area contributed by atoms with Crippen LogP contribution >= 0.6 is 11.6 Å². The summed E-state index contributed by atoms with van der Waals surface area (Å²) < 4.78 is 4.91. The molecule has 0 fully saturated rings. The van der Waals surface area contributed by atoms with Crippen LogP contribution < -0.4 is 4.84 Å². The largest absolute Gasteiger partial charge is 0.503 e. The molecule has 130 valence electrons. The molecule has 0 saturated carbocycles. The monoisotopic (exact) mass is 359 g/mol. The third kappa shape index (κ3) is 4.61. The molecule has 0 spiro atoms. The number of carbonyl (C=O) groups is 1. The summed E-state index contributed by atoms with van der Waals surface area (Å²) in [5.74, 6) is -0.551. The lowest BCUT2D eigenvalue weighted by Crippen LogP contribution is -2.09. The van der Waals surface area contributed by atoms with Crippen LogP contribution in [0.5, 0.6) is 5.75 Å². The zero-order valence-corrected chi connectivity index (χ0v) is 14.9. The van der Waals surface area contributed by atoms with Gasteiger partial charge in [0.15, 0.2) is 5.75 Å². The van der Waals surface area contributed by atoms with Crippen molar-refractivity contribution in [3.05, 3.63) is 70.4 Å². The van der Waals surface area contributed by atoms with Crippen molar-refractivity contribution in [3.63, 3.8) is 0 Å². The molecule has 25 heavy (non-hydrogen) atoms. The number of halogens is 1. The highest BCUT2D eigenvalue weighted by Gasteiger charge is 2.18. The van der Waals surface area contributed by atoms with Gasteiger partial charge in [-0.2, -0.15) is 0 Å². The zero-order chi connectivity index (χ0) is 18.4. The Morgan fingerprint density at radius 3 is 2.48 bits per heavy atom. The lowest BCUT2D eigenvalue weighted by Gasteiger charge is -2.13. The summed E-state index contributed by atoms with van der Waals surface area (Å²) in [5.41, 5.74) is 2.66. The summed E-state index contributed by atoms with van der Waals surface area (Å²) in [6, 6.07) is 12.2. The van der Waals surface area contributed by atoms with Crippen LogP contribution in [0.25, 0.3) is 5.57 Å². The summed E-state index contributed by atoms with van der Waals surface area (Å²) in [4.78, 5) is 17.0. The van der Waals surface area contributed by atoms with Crippen molar-refractivity contribution >= 4 is 28.9 Å². The van der Waals surface area contributed by atoms with E-state index in [4.69, 9.17) is 21.2 Å². The standard InChI is InChI=1S/C19H18ClNO4/c1-12-5-4-6-16(17(11-24-3)19(22)23)18(12)13(2)21-25-15-9-7-14(20)8-10-15/h4-11H,1-3H3,(H,22,23)/b17-11+,21-13?. The number of methoxy groups -OCH3 is 1. The van der Waals surface area contributed by atoms with E-state index >= 15 is 0 Å². The van der Waals surface area contributed by atoms with Gasteiger partial charge in [-0.1, -0.05) is 35.0 Å². The maximum atomic E-state index is 11.6. The second-order valence-corrected chi connectivity index (χ2v) is 5.73. The second kappa shape index (κ2) is 8.35. The fraction of sp³-hybridized carbons (Fsp3) is 0.158. The van der Waals surface area contributed by atoms with Crippen molar-refractivity contribution in [2.24, 2.45) is 5.16 Å². The van der Waals surface area contributed by atoms with Gasteiger partial charge in [0.2, 0.25) is 0 Å². The van der Waals surface area contributed by atoms with Crippen LogP contribution in [0.3, 0.4) is 0 Å². The number of carboxylic acids is 1. The van der Waals surface area contributed by atoms with E-state index in [0.717, 1.165) is 5.56 Å². The molecule has 0 aromatic heterocycles. The number of carboxylic acid groups (broad SMARTS) is 1. The Bertz CT molecular complexity index is 826. The van der Waals surface area contributed by atoms with Crippen molar-refractivity contribution in [3.8, 4) is 5.75 Å². The fourth-order valence-electron chi connectivity index (χ4n) is 2.38. The van der Waals surface area contributed by atoms with Crippen LogP contribution in [0.2, 0.25) is 5.02 Å². The third-order valence-corrected chi connectivity index (χ3v) is 3.74. The van der Waals surface area contributed by atoms with Crippen LogP contribution in [-0.4, -0.2) is 23.9 Å². The summed E-state index contributed by atoms with van der Waals surface area (Å²) in [6.45, 7) is 3.64. The number of aliphatic carboxylic acids is 1. The molecule has 0 heterocycles. The highest BCUT2D eigenvalue weighted by atomic mass is 35.5. The molecular weight excluding hydrogens is 342 g/mol. The molecule has 5 nitrogen and oxygen atoms in total. The van der Waals surface area contributed by atoms with E-state index < -0.39 is 5.97 Å². The normalized spacial score (nSPS) is 12.0. The molecule has 0 radical (unpaired) electrons. The summed E-state index contributed by atoms with van der Waals surface area (Å²) >= 11 is 5.84. The average Bonchev–Trinajstić information content (AvgIpc) is 2.58. The Morgan fingerprint density at radius 1 is 1.20 bits per heavy atom. The maximum absolute atomic E-state index is 11.6. The smallest absolute Gasteiger partial charge is 0.339 e. The van der Waals surface area contributed by atoms with Gasteiger partial charge in [0.25, 0.3) is 0 Å². The van der Waals surface area contributed by atoms with E-state index in [-0.39, 0.29) is 5.57 Å². The Balaban J connectivity index is 2.43. The van der Waals surface area contributed by atoms with E-state index in [1.165, 1.54) is 13.4 Å². The predicted octanol–water partition coefficient (Wildman–Crippen LogP) is 4.52. The Morgan fingerprint density at radius 2 is 1.88 bits per heavy atom. The number of ether oxygens (including phenoxy) is 1. The number of oxime groups is 1. The maximum Gasteiger partial charge on any atom is 0.339 e. The van der Waals surface area contributed by atoms with E-state index in [1.54, 1.807) is 43.3 Å². The minimum atomic E-state index is -1.08. The lowest BCUT2D eigenvalue weighted by molar-refractivity contribution is -0.130. The zero-order valence-electron chi connectivity index (χ0n) is 14.1. The highest BCUT2D eigenvalue weighted by molar-refractivity contribution is 6.30. The minimum Gasteiger partial charge on any atom is -0.503 e. The third-order valence-electron chi connectivity index (χ3n) is 3.49. The number of aryl methyl sites for hydroxylation is 1. The van der Waals surface area contributed by atoms with Crippen molar-refractivity contribution in [1.82, 2.24) is 0 Å². The van der Waals surface area contributed by atoms with Crippen LogP contribution in [-0.2, 0) is 9.53 Å². The van der Waals surface area contributed by atoms with Gasteiger partial charge in [-0.15, -0.1) is 0 Å². The molecule has 2 rings (SSSR count). The Kier molecular flexibility index (Phi) is 6.19. The molecule has 2 aromatic rings. The number of benzene rings is 2. The molecule has 0 atom stereocenters. The van der Waals surface area contributed by atoms with Crippen molar-refractivity contribution in [2.75, 3.05) is 7.11 Å².